The molecule has 4 rings (SSSR count). The molecule has 0 saturated heterocycles. The Labute approximate surface area is 137 Å². The molecule has 1 aromatic rings. The van der Waals surface area contributed by atoms with E-state index in [1.807, 2.05) is 6.07 Å². The second-order valence-electron chi connectivity index (χ2n) is 6.64. The van der Waals surface area contributed by atoms with Crippen LogP contribution in [0.1, 0.15) is 49.3 Å². The summed E-state index contributed by atoms with van der Waals surface area (Å²) in [6, 6.07) is 4.48. The number of nitrogens with zero attached hydrogens (tertiary/aromatic N) is 1. The average molecular weight is 312 g/mol. The van der Waals surface area contributed by atoms with Gasteiger partial charge in [-0.15, -0.1) is 0 Å². The number of fused-ring (bicyclic) bond motifs is 4. The van der Waals surface area contributed by atoms with E-state index in [1.165, 1.54) is 35.2 Å². The van der Waals surface area contributed by atoms with Crippen LogP contribution in [-0.2, 0) is 6.42 Å². The van der Waals surface area contributed by atoms with Gasteiger partial charge in [0.2, 0.25) is 0 Å². The van der Waals surface area contributed by atoms with Crippen LogP contribution in [0.4, 0.5) is 0 Å². The molecule has 0 spiro atoms. The van der Waals surface area contributed by atoms with Crippen LogP contribution in [0.25, 0.3) is 0 Å². The third-order valence-electron chi connectivity index (χ3n) is 5.57. The summed E-state index contributed by atoms with van der Waals surface area (Å²) in [6.45, 7) is 1.02. The maximum Gasteiger partial charge on any atom is 0.164 e. The molecule has 1 N–H and O–H groups in total. The SMILES string of the molecule is COc1ccc2c(c1OC)CCN1C3=C(CCCC3)C(=N)CC21. The van der Waals surface area contributed by atoms with E-state index in [0.29, 0.717) is 6.04 Å². The smallest absolute Gasteiger partial charge is 0.164 e. The third kappa shape index (κ3) is 2.15. The minimum absolute atomic E-state index is 0.294. The van der Waals surface area contributed by atoms with E-state index in [9.17, 15) is 0 Å². The maximum absolute atomic E-state index is 8.51. The van der Waals surface area contributed by atoms with Crippen LogP contribution in [0.3, 0.4) is 0 Å². The monoisotopic (exact) mass is 312 g/mol. The molecule has 122 valence electrons. The first-order chi connectivity index (χ1) is 11.2. The molecule has 1 unspecified atom stereocenters. The number of benzene rings is 1. The van der Waals surface area contributed by atoms with Crippen molar-refractivity contribution in [3.8, 4) is 11.5 Å². The summed E-state index contributed by atoms with van der Waals surface area (Å²) in [7, 11) is 3.41. The number of allylic oxidation sites excluding steroid dienone is 2. The molecule has 0 bridgehead atoms. The molecule has 0 saturated carbocycles. The molecule has 0 fully saturated rings. The number of ether oxygens (including phenoxy) is 2. The van der Waals surface area contributed by atoms with E-state index in [2.05, 4.69) is 11.0 Å². The van der Waals surface area contributed by atoms with Gasteiger partial charge in [-0.2, -0.15) is 0 Å². The second kappa shape index (κ2) is 5.59. The fourth-order valence-corrected chi connectivity index (χ4v) is 4.52. The van der Waals surface area contributed by atoms with E-state index in [1.54, 1.807) is 14.2 Å². The van der Waals surface area contributed by atoms with Crippen LogP contribution >= 0.6 is 0 Å². The molecule has 1 aliphatic carbocycles. The quantitative estimate of drug-likeness (QED) is 0.902. The van der Waals surface area contributed by atoms with Crippen LogP contribution in [0, 0.1) is 5.41 Å². The molecular formula is C19H24N2O2. The van der Waals surface area contributed by atoms with Crippen LogP contribution in [0.15, 0.2) is 23.4 Å². The topological polar surface area (TPSA) is 45.6 Å². The highest BCUT2D eigenvalue weighted by atomic mass is 16.5. The van der Waals surface area contributed by atoms with Gasteiger partial charge in [0, 0.05) is 29.9 Å². The van der Waals surface area contributed by atoms with Crippen molar-refractivity contribution in [2.45, 2.75) is 44.6 Å². The molecule has 3 aliphatic rings. The molecule has 23 heavy (non-hydrogen) atoms. The first-order valence-corrected chi connectivity index (χ1v) is 8.54. The third-order valence-corrected chi connectivity index (χ3v) is 5.57. The average Bonchev–Trinajstić information content (AvgIpc) is 2.60. The minimum Gasteiger partial charge on any atom is -0.493 e. The van der Waals surface area contributed by atoms with Crippen molar-refractivity contribution in [1.82, 2.24) is 4.90 Å². The summed E-state index contributed by atoms with van der Waals surface area (Å²) in [5, 5.41) is 8.51. The van der Waals surface area contributed by atoms with Crippen molar-refractivity contribution in [3.63, 3.8) is 0 Å². The maximum atomic E-state index is 8.51. The molecule has 0 radical (unpaired) electrons. The van der Waals surface area contributed by atoms with Crippen molar-refractivity contribution in [2.75, 3.05) is 20.8 Å². The molecule has 2 heterocycles. The van der Waals surface area contributed by atoms with Gasteiger partial charge in [-0.25, -0.2) is 0 Å². The van der Waals surface area contributed by atoms with Crippen LogP contribution in [0.5, 0.6) is 11.5 Å². The first-order valence-electron chi connectivity index (χ1n) is 8.54. The minimum atomic E-state index is 0.294. The number of hydrogen-bond donors (Lipinski definition) is 1. The molecule has 0 amide bonds. The predicted octanol–water partition coefficient (Wildman–Crippen LogP) is 3.85. The number of nitrogens with one attached hydrogen (secondary N) is 1. The van der Waals surface area contributed by atoms with Crippen molar-refractivity contribution in [1.29, 1.82) is 5.41 Å². The van der Waals surface area contributed by atoms with Gasteiger partial charge in [-0.1, -0.05) is 6.07 Å². The lowest BCUT2D eigenvalue weighted by Crippen LogP contribution is -2.41. The highest BCUT2D eigenvalue weighted by molar-refractivity contribution is 6.00. The Morgan fingerprint density at radius 2 is 1.91 bits per heavy atom. The van der Waals surface area contributed by atoms with E-state index in [-0.39, 0.29) is 0 Å². The van der Waals surface area contributed by atoms with Gasteiger partial charge in [0.05, 0.1) is 20.3 Å². The summed E-state index contributed by atoms with van der Waals surface area (Å²) < 4.78 is 11.1. The van der Waals surface area contributed by atoms with Crippen molar-refractivity contribution >= 4 is 5.71 Å². The largest absolute Gasteiger partial charge is 0.493 e. The Balaban J connectivity index is 1.80. The summed E-state index contributed by atoms with van der Waals surface area (Å²) >= 11 is 0. The Bertz CT molecular complexity index is 693. The summed E-state index contributed by atoms with van der Waals surface area (Å²) in [4.78, 5) is 2.57. The van der Waals surface area contributed by atoms with Crippen LogP contribution in [0.2, 0.25) is 0 Å². The van der Waals surface area contributed by atoms with Gasteiger partial charge in [0.25, 0.3) is 0 Å². The predicted molar refractivity (Wildman–Crippen MR) is 90.5 cm³/mol. The molecule has 1 atom stereocenters. The zero-order valence-electron chi connectivity index (χ0n) is 13.9. The first kappa shape index (κ1) is 14.6. The van der Waals surface area contributed by atoms with Gasteiger partial charge in [0.1, 0.15) is 0 Å². The molecule has 4 nitrogen and oxygen atoms in total. The molecule has 4 heteroatoms. The Kier molecular flexibility index (Phi) is 3.55. The number of hydrogen-bond acceptors (Lipinski definition) is 4. The lowest BCUT2D eigenvalue weighted by molar-refractivity contribution is 0.218. The summed E-state index contributed by atoms with van der Waals surface area (Å²) in [5.74, 6) is 1.68. The highest BCUT2D eigenvalue weighted by Gasteiger charge is 2.37. The van der Waals surface area contributed by atoms with Gasteiger partial charge in [0.15, 0.2) is 11.5 Å². The zero-order valence-corrected chi connectivity index (χ0v) is 13.9. The summed E-state index contributed by atoms with van der Waals surface area (Å²) in [5.41, 5.74) is 6.20. The van der Waals surface area contributed by atoms with Gasteiger partial charge in [-0.3, -0.25) is 0 Å². The van der Waals surface area contributed by atoms with E-state index in [4.69, 9.17) is 14.9 Å². The van der Waals surface area contributed by atoms with Crippen molar-refractivity contribution in [2.24, 2.45) is 0 Å². The molecular weight excluding hydrogens is 288 g/mol. The van der Waals surface area contributed by atoms with Crippen LogP contribution in [-0.4, -0.2) is 31.4 Å². The van der Waals surface area contributed by atoms with Gasteiger partial charge in [-0.05, 0) is 49.3 Å². The van der Waals surface area contributed by atoms with E-state index < -0.39 is 0 Å². The molecule has 2 aliphatic heterocycles. The summed E-state index contributed by atoms with van der Waals surface area (Å²) in [6.07, 6.45) is 6.53. The Morgan fingerprint density at radius 1 is 1.09 bits per heavy atom. The van der Waals surface area contributed by atoms with Gasteiger partial charge >= 0.3 is 0 Å². The fourth-order valence-electron chi connectivity index (χ4n) is 4.52. The normalized spacial score (nSPS) is 23.1. The van der Waals surface area contributed by atoms with Crippen molar-refractivity contribution < 1.29 is 9.47 Å². The lowest BCUT2D eigenvalue weighted by Gasteiger charge is -2.46. The Hall–Kier alpha value is -1.97. The standard InChI is InChI=1S/C19H24N2O2/c1-22-18-8-7-12-13(19(18)23-2)9-10-21-16-6-4-3-5-14(16)15(20)11-17(12)21/h7-8,17,20H,3-6,9-11H2,1-2H3. The zero-order chi connectivity index (χ0) is 16.0. The van der Waals surface area contributed by atoms with Gasteiger partial charge < -0.3 is 19.8 Å². The lowest BCUT2D eigenvalue weighted by atomic mass is 9.79. The fraction of sp³-hybridized carbons (Fsp3) is 0.526. The van der Waals surface area contributed by atoms with Crippen LogP contribution < -0.4 is 9.47 Å². The Morgan fingerprint density at radius 3 is 2.70 bits per heavy atom. The van der Waals surface area contributed by atoms with E-state index >= 15 is 0 Å². The number of rotatable bonds is 2. The highest BCUT2D eigenvalue weighted by Crippen LogP contribution is 2.47. The molecule has 0 aromatic heterocycles. The number of methoxy groups -OCH3 is 2. The second-order valence-corrected chi connectivity index (χ2v) is 6.64. The molecule has 1 aromatic carbocycles. The van der Waals surface area contributed by atoms with E-state index in [0.717, 1.165) is 49.4 Å². The van der Waals surface area contributed by atoms with Crippen molar-refractivity contribution in [3.05, 3.63) is 34.5 Å².